The van der Waals surface area contributed by atoms with E-state index in [0.717, 1.165) is 28.4 Å². The number of amides is 3. The highest BCUT2D eigenvalue weighted by Gasteiger charge is 2.43. The van der Waals surface area contributed by atoms with E-state index in [1.807, 2.05) is 0 Å². The number of rotatable bonds is 3. The molecule has 6 nitrogen and oxygen atoms in total. The summed E-state index contributed by atoms with van der Waals surface area (Å²) in [5, 5.41) is 2.62. The van der Waals surface area contributed by atoms with Crippen LogP contribution in [0, 0.1) is 18.6 Å². The largest absolute Gasteiger partial charge is 0.497 e. The van der Waals surface area contributed by atoms with Gasteiger partial charge in [-0.3, -0.25) is 4.79 Å². The maximum atomic E-state index is 14.1. The average molecular weight is 339 g/mol. The number of imide groups is 1. The first-order chi connectivity index (χ1) is 10.9. The zero-order valence-corrected chi connectivity index (χ0v) is 12.9. The molecule has 0 saturated carbocycles. The summed E-state index contributed by atoms with van der Waals surface area (Å²) >= 11 is 1.09. The summed E-state index contributed by atoms with van der Waals surface area (Å²) in [6.45, 7) is 1.63. The summed E-state index contributed by atoms with van der Waals surface area (Å²) in [5.41, 5.74) is 1.44. The molecule has 1 aliphatic heterocycles. The second-order valence-corrected chi connectivity index (χ2v) is 5.64. The lowest BCUT2D eigenvalue weighted by molar-refractivity contribution is -0.118. The molecular weight excluding hydrogens is 328 g/mol. The SMILES string of the molecule is COc1cc(F)c(C2NC(=O)N(c3scnc3C)C2=O)c(F)c1. The van der Waals surface area contributed by atoms with E-state index in [1.54, 1.807) is 6.92 Å². The van der Waals surface area contributed by atoms with Gasteiger partial charge in [0.05, 0.1) is 23.9 Å². The van der Waals surface area contributed by atoms with E-state index in [4.69, 9.17) is 4.74 Å². The molecule has 1 fully saturated rings. The molecule has 3 amide bonds. The van der Waals surface area contributed by atoms with E-state index < -0.39 is 35.2 Å². The first-order valence-electron chi connectivity index (χ1n) is 6.51. The number of ether oxygens (including phenoxy) is 1. The second-order valence-electron chi connectivity index (χ2n) is 4.80. The second kappa shape index (κ2) is 5.58. The van der Waals surface area contributed by atoms with E-state index in [0.29, 0.717) is 10.7 Å². The van der Waals surface area contributed by atoms with Crippen LogP contribution in [0.2, 0.25) is 0 Å². The third kappa shape index (κ3) is 2.42. The molecule has 2 aromatic rings. The fourth-order valence-electron chi connectivity index (χ4n) is 2.33. The van der Waals surface area contributed by atoms with Crippen molar-refractivity contribution < 1.29 is 23.1 Å². The van der Waals surface area contributed by atoms with Gasteiger partial charge in [-0.2, -0.15) is 0 Å². The van der Waals surface area contributed by atoms with Crippen LogP contribution in [0.25, 0.3) is 0 Å². The molecule has 3 rings (SSSR count). The lowest BCUT2D eigenvalue weighted by Crippen LogP contribution is -2.30. The minimum Gasteiger partial charge on any atom is -0.497 e. The zero-order chi connectivity index (χ0) is 16.7. The molecule has 2 heterocycles. The molecule has 23 heavy (non-hydrogen) atoms. The van der Waals surface area contributed by atoms with E-state index in [2.05, 4.69) is 10.3 Å². The number of methoxy groups -OCH3 is 1. The van der Waals surface area contributed by atoms with Crippen LogP contribution in [0.3, 0.4) is 0 Å². The molecule has 1 aromatic heterocycles. The van der Waals surface area contributed by atoms with Gasteiger partial charge < -0.3 is 10.1 Å². The monoisotopic (exact) mass is 339 g/mol. The number of anilines is 1. The van der Waals surface area contributed by atoms with Crippen LogP contribution in [-0.2, 0) is 4.79 Å². The van der Waals surface area contributed by atoms with E-state index in [1.165, 1.54) is 12.6 Å². The maximum absolute atomic E-state index is 14.1. The molecular formula is C14H11F2N3O3S. The van der Waals surface area contributed by atoms with Gasteiger partial charge in [0, 0.05) is 12.1 Å². The van der Waals surface area contributed by atoms with Gasteiger partial charge in [0.15, 0.2) is 0 Å². The van der Waals surface area contributed by atoms with Crippen LogP contribution in [0.15, 0.2) is 17.6 Å². The molecule has 120 valence electrons. The fourth-order valence-corrected chi connectivity index (χ4v) is 3.14. The first kappa shape index (κ1) is 15.3. The van der Waals surface area contributed by atoms with Gasteiger partial charge in [-0.05, 0) is 6.92 Å². The molecule has 1 aliphatic rings. The van der Waals surface area contributed by atoms with Crippen molar-refractivity contribution >= 4 is 28.3 Å². The van der Waals surface area contributed by atoms with Gasteiger partial charge in [0.25, 0.3) is 5.91 Å². The van der Waals surface area contributed by atoms with Gasteiger partial charge in [-0.15, -0.1) is 11.3 Å². The van der Waals surface area contributed by atoms with E-state index >= 15 is 0 Å². The van der Waals surface area contributed by atoms with Crippen molar-refractivity contribution in [3.63, 3.8) is 0 Å². The van der Waals surface area contributed by atoms with Gasteiger partial charge in [-0.1, -0.05) is 0 Å². The Kier molecular flexibility index (Phi) is 3.72. The van der Waals surface area contributed by atoms with Crippen molar-refractivity contribution in [1.82, 2.24) is 10.3 Å². The van der Waals surface area contributed by atoms with Crippen molar-refractivity contribution in [2.45, 2.75) is 13.0 Å². The molecule has 1 saturated heterocycles. The number of urea groups is 1. The van der Waals surface area contributed by atoms with Crippen molar-refractivity contribution in [2.75, 3.05) is 12.0 Å². The number of carbonyl (C=O) groups is 2. The van der Waals surface area contributed by atoms with E-state index in [-0.39, 0.29) is 5.75 Å². The third-order valence-electron chi connectivity index (χ3n) is 3.44. The molecule has 0 spiro atoms. The molecule has 1 N–H and O–H groups in total. The standard InChI is InChI=1S/C14H11F2N3O3S/c1-6-13(23-5-17-6)19-12(20)11(18-14(19)21)10-8(15)3-7(22-2)4-9(10)16/h3-5,11H,1-2H3,(H,18,21). The van der Waals surface area contributed by atoms with Crippen LogP contribution in [0.4, 0.5) is 18.6 Å². The Labute approximate surface area is 133 Å². The molecule has 0 aliphatic carbocycles. The van der Waals surface area contributed by atoms with Crippen molar-refractivity contribution in [3.8, 4) is 5.75 Å². The Morgan fingerprint density at radius 3 is 2.48 bits per heavy atom. The Bertz CT molecular complexity index is 785. The zero-order valence-electron chi connectivity index (χ0n) is 12.1. The van der Waals surface area contributed by atoms with Gasteiger partial charge in [-0.25, -0.2) is 23.5 Å². The lowest BCUT2D eigenvalue weighted by Gasteiger charge is -2.13. The van der Waals surface area contributed by atoms with Crippen molar-refractivity contribution in [2.24, 2.45) is 0 Å². The summed E-state index contributed by atoms with van der Waals surface area (Å²) < 4.78 is 33.1. The number of nitrogens with one attached hydrogen (secondary N) is 1. The highest BCUT2D eigenvalue weighted by molar-refractivity contribution is 7.14. The molecule has 9 heteroatoms. The number of carbonyl (C=O) groups excluding carboxylic acids is 2. The minimum atomic E-state index is -1.44. The topological polar surface area (TPSA) is 71.5 Å². The Balaban J connectivity index is 2.02. The smallest absolute Gasteiger partial charge is 0.330 e. The Morgan fingerprint density at radius 1 is 1.30 bits per heavy atom. The van der Waals surface area contributed by atoms with Crippen LogP contribution in [-0.4, -0.2) is 24.0 Å². The predicted molar refractivity (Wildman–Crippen MR) is 78.5 cm³/mol. The number of nitrogens with zero attached hydrogens (tertiary/aromatic N) is 2. The van der Waals surface area contributed by atoms with Crippen molar-refractivity contribution in [3.05, 3.63) is 40.5 Å². The Hall–Kier alpha value is -2.55. The number of halogens is 2. The number of hydrogen-bond donors (Lipinski definition) is 1. The van der Waals surface area contributed by atoms with Crippen LogP contribution in [0.5, 0.6) is 5.75 Å². The third-order valence-corrected chi connectivity index (χ3v) is 4.35. The summed E-state index contributed by atoms with van der Waals surface area (Å²) in [5.74, 6) is -2.72. The summed E-state index contributed by atoms with van der Waals surface area (Å²) in [6, 6.07) is -0.270. The fraction of sp³-hybridized carbons (Fsp3) is 0.214. The van der Waals surface area contributed by atoms with Crippen LogP contribution >= 0.6 is 11.3 Å². The van der Waals surface area contributed by atoms with E-state index in [9.17, 15) is 18.4 Å². The predicted octanol–water partition coefficient (Wildman–Crippen LogP) is 2.54. The van der Waals surface area contributed by atoms with Gasteiger partial charge >= 0.3 is 6.03 Å². The van der Waals surface area contributed by atoms with Crippen molar-refractivity contribution in [1.29, 1.82) is 0 Å². The summed E-state index contributed by atoms with van der Waals surface area (Å²) in [7, 11) is 1.27. The van der Waals surface area contributed by atoms with Gasteiger partial charge in [0.1, 0.15) is 28.4 Å². The molecule has 1 unspecified atom stereocenters. The van der Waals surface area contributed by atoms with Crippen LogP contribution < -0.4 is 15.0 Å². The Morgan fingerprint density at radius 2 is 1.96 bits per heavy atom. The normalized spacial score (nSPS) is 17.6. The molecule has 0 bridgehead atoms. The summed E-state index contributed by atoms with van der Waals surface area (Å²) in [4.78, 5) is 29.4. The maximum Gasteiger partial charge on any atom is 0.330 e. The minimum absolute atomic E-state index is 0.0179. The molecule has 1 atom stereocenters. The highest BCUT2D eigenvalue weighted by atomic mass is 32.1. The van der Waals surface area contributed by atoms with Crippen LogP contribution in [0.1, 0.15) is 17.3 Å². The number of thiazole rings is 1. The quantitative estimate of drug-likeness (QED) is 0.873. The average Bonchev–Trinajstić information content (AvgIpc) is 3.02. The first-order valence-corrected chi connectivity index (χ1v) is 7.39. The number of aryl methyl sites for hydroxylation is 1. The highest BCUT2D eigenvalue weighted by Crippen LogP contribution is 2.34. The summed E-state index contributed by atoms with van der Waals surface area (Å²) in [6.07, 6.45) is 0. The number of hydrogen-bond acceptors (Lipinski definition) is 5. The number of benzene rings is 1. The van der Waals surface area contributed by atoms with Gasteiger partial charge in [0.2, 0.25) is 0 Å². The molecule has 0 radical (unpaired) electrons. The molecule has 1 aromatic carbocycles. The lowest BCUT2D eigenvalue weighted by atomic mass is 10.1. The number of aromatic nitrogens is 1.